The molecule has 8 heteroatoms. The number of carbonyl (C=O) groups is 1. The SMILES string of the molecule is CC(C)(C)c1cccc(S(=O)(=O)NC2CCN(Cc3cc(C#N)ccc3N)C2=O)c1. The Kier molecular flexibility index (Phi) is 5.88. The number of nitrogens with two attached hydrogens (primary N) is 1. The van der Waals surface area contributed by atoms with E-state index in [2.05, 4.69) is 10.8 Å². The average molecular weight is 427 g/mol. The molecule has 158 valence electrons. The number of benzene rings is 2. The molecule has 0 spiro atoms. The molecule has 30 heavy (non-hydrogen) atoms. The van der Waals surface area contributed by atoms with Gasteiger partial charge >= 0.3 is 0 Å². The van der Waals surface area contributed by atoms with Gasteiger partial charge in [-0.3, -0.25) is 4.79 Å². The van der Waals surface area contributed by atoms with Crippen LogP contribution < -0.4 is 10.5 Å². The summed E-state index contributed by atoms with van der Waals surface area (Å²) in [7, 11) is -3.84. The average Bonchev–Trinajstić information content (AvgIpc) is 3.02. The van der Waals surface area contributed by atoms with Crippen LogP contribution in [0.3, 0.4) is 0 Å². The van der Waals surface area contributed by atoms with Crippen molar-refractivity contribution in [3.63, 3.8) is 0 Å². The van der Waals surface area contributed by atoms with Gasteiger partial charge in [0.05, 0.1) is 16.5 Å². The van der Waals surface area contributed by atoms with Gasteiger partial charge in [-0.2, -0.15) is 9.98 Å². The van der Waals surface area contributed by atoms with Gasteiger partial charge in [0.1, 0.15) is 6.04 Å². The zero-order valence-corrected chi connectivity index (χ0v) is 18.2. The highest BCUT2D eigenvalue weighted by molar-refractivity contribution is 7.89. The second-order valence-corrected chi connectivity index (χ2v) is 10.2. The second-order valence-electron chi connectivity index (χ2n) is 8.53. The van der Waals surface area contributed by atoms with Gasteiger partial charge in [0.2, 0.25) is 15.9 Å². The standard InChI is InChI=1S/C22H26N4O3S/c1-22(2,3)17-5-4-6-18(12-17)30(28,29)25-20-9-10-26(21(20)27)14-16-11-15(13-23)7-8-19(16)24/h4-8,11-12,20,25H,9-10,14,24H2,1-3H3. The van der Waals surface area contributed by atoms with E-state index in [1.807, 2.05) is 26.8 Å². The van der Waals surface area contributed by atoms with E-state index in [-0.39, 0.29) is 22.8 Å². The van der Waals surface area contributed by atoms with Gasteiger partial charge in [-0.05, 0) is 53.3 Å². The molecule has 1 aliphatic rings. The van der Waals surface area contributed by atoms with Gasteiger partial charge in [-0.15, -0.1) is 0 Å². The van der Waals surface area contributed by atoms with E-state index in [1.165, 1.54) is 6.07 Å². The maximum atomic E-state index is 12.9. The maximum Gasteiger partial charge on any atom is 0.241 e. The van der Waals surface area contributed by atoms with Gasteiger partial charge < -0.3 is 10.6 Å². The largest absolute Gasteiger partial charge is 0.398 e. The molecule has 0 bridgehead atoms. The van der Waals surface area contributed by atoms with Crippen LogP contribution in [0.5, 0.6) is 0 Å². The number of hydrogen-bond donors (Lipinski definition) is 2. The molecule has 1 unspecified atom stereocenters. The number of amides is 1. The fourth-order valence-corrected chi connectivity index (χ4v) is 4.68. The zero-order valence-electron chi connectivity index (χ0n) is 17.3. The number of nitrogen functional groups attached to an aromatic ring is 1. The number of nitrogens with zero attached hydrogens (tertiary/aromatic N) is 2. The minimum absolute atomic E-state index is 0.146. The van der Waals surface area contributed by atoms with Crippen molar-refractivity contribution in [2.24, 2.45) is 0 Å². The Labute approximate surface area is 177 Å². The summed E-state index contributed by atoms with van der Waals surface area (Å²) in [5.41, 5.74) is 8.30. The van der Waals surface area contributed by atoms with Gasteiger partial charge in [-0.25, -0.2) is 8.42 Å². The third-order valence-electron chi connectivity index (χ3n) is 5.24. The number of rotatable bonds is 5. The van der Waals surface area contributed by atoms with E-state index < -0.39 is 16.1 Å². The molecule has 1 fully saturated rings. The van der Waals surface area contributed by atoms with Gasteiger partial charge in [0.25, 0.3) is 0 Å². The first-order valence-corrected chi connectivity index (χ1v) is 11.2. The lowest BCUT2D eigenvalue weighted by Crippen LogP contribution is -2.41. The smallest absolute Gasteiger partial charge is 0.241 e. The molecule has 2 aromatic carbocycles. The van der Waals surface area contributed by atoms with E-state index in [0.29, 0.717) is 29.8 Å². The number of sulfonamides is 1. The maximum absolute atomic E-state index is 12.9. The van der Waals surface area contributed by atoms with Gasteiger partial charge in [0, 0.05) is 18.8 Å². The van der Waals surface area contributed by atoms with Crippen molar-refractivity contribution >= 4 is 21.6 Å². The van der Waals surface area contributed by atoms with Crippen LogP contribution in [0.25, 0.3) is 0 Å². The van der Waals surface area contributed by atoms with E-state index in [9.17, 15) is 13.2 Å². The molecule has 3 N–H and O–H groups in total. The van der Waals surface area contributed by atoms with Crippen LogP contribution in [0.2, 0.25) is 0 Å². The highest BCUT2D eigenvalue weighted by Gasteiger charge is 2.35. The summed E-state index contributed by atoms with van der Waals surface area (Å²) in [5, 5.41) is 9.07. The third-order valence-corrected chi connectivity index (χ3v) is 6.71. The summed E-state index contributed by atoms with van der Waals surface area (Å²) in [6, 6.07) is 12.9. The van der Waals surface area contributed by atoms with Crippen LogP contribution in [0.15, 0.2) is 47.4 Å². The molecule has 1 aliphatic heterocycles. The molecule has 0 saturated carbocycles. The van der Waals surface area contributed by atoms with Crippen molar-refractivity contribution in [2.75, 3.05) is 12.3 Å². The van der Waals surface area contributed by atoms with Crippen LogP contribution in [0.4, 0.5) is 5.69 Å². The van der Waals surface area contributed by atoms with Crippen molar-refractivity contribution in [2.45, 2.75) is 50.1 Å². The number of likely N-dealkylation sites (tertiary alicyclic amines) is 1. The highest BCUT2D eigenvalue weighted by Crippen LogP contribution is 2.25. The molecule has 2 aromatic rings. The third kappa shape index (κ3) is 4.64. The lowest BCUT2D eigenvalue weighted by Gasteiger charge is -2.20. The minimum atomic E-state index is -3.84. The molecule has 1 amide bonds. The van der Waals surface area contributed by atoms with Gasteiger partial charge in [0.15, 0.2) is 0 Å². The first-order chi connectivity index (χ1) is 14.0. The summed E-state index contributed by atoms with van der Waals surface area (Å²) in [4.78, 5) is 14.5. The number of hydrogen-bond acceptors (Lipinski definition) is 5. The Hall–Kier alpha value is -2.89. The van der Waals surface area contributed by atoms with Crippen molar-refractivity contribution in [3.05, 3.63) is 59.2 Å². The van der Waals surface area contributed by atoms with Crippen molar-refractivity contribution < 1.29 is 13.2 Å². The lowest BCUT2D eigenvalue weighted by atomic mass is 9.87. The van der Waals surface area contributed by atoms with Crippen LogP contribution >= 0.6 is 0 Å². The molecule has 1 heterocycles. The quantitative estimate of drug-likeness (QED) is 0.713. The molecular weight excluding hydrogens is 400 g/mol. The Balaban J connectivity index is 1.75. The molecule has 3 rings (SSSR count). The zero-order chi connectivity index (χ0) is 22.1. The summed E-state index contributed by atoms with van der Waals surface area (Å²) in [6.07, 6.45) is 0.370. The highest BCUT2D eigenvalue weighted by atomic mass is 32.2. The Morgan fingerprint density at radius 3 is 2.63 bits per heavy atom. The summed E-state index contributed by atoms with van der Waals surface area (Å²) >= 11 is 0. The van der Waals surface area contributed by atoms with E-state index in [4.69, 9.17) is 11.0 Å². The minimum Gasteiger partial charge on any atom is -0.398 e. The monoisotopic (exact) mass is 426 g/mol. The Bertz CT molecular complexity index is 1110. The number of nitriles is 1. The fraction of sp³-hybridized carbons (Fsp3) is 0.364. The molecular formula is C22H26N4O3S. The molecule has 7 nitrogen and oxygen atoms in total. The number of anilines is 1. The summed E-state index contributed by atoms with van der Waals surface area (Å²) in [6.45, 7) is 6.68. The molecule has 0 aliphatic carbocycles. The summed E-state index contributed by atoms with van der Waals surface area (Å²) in [5.74, 6) is -0.299. The van der Waals surface area contributed by atoms with Crippen LogP contribution in [-0.2, 0) is 26.8 Å². The Morgan fingerprint density at radius 1 is 1.23 bits per heavy atom. The van der Waals surface area contributed by atoms with E-state index in [1.54, 1.807) is 35.2 Å². The van der Waals surface area contributed by atoms with Crippen LogP contribution in [-0.4, -0.2) is 31.8 Å². The molecule has 0 aromatic heterocycles. The van der Waals surface area contributed by atoms with E-state index >= 15 is 0 Å². The van der Waals surface area contributed by atoms with Crippen molar-refractivity contribution in [1.29, 1.82) is 5.26 Å². The number of carbonyl (C=O) groups excluding carboxylic acids is 1. The predicted molar refractivity (Wildman–Crippen MR) is 115 cm³/mol. The normalized spacial score (nSPS) is 17.2. The first kappa shape index (κ1) is 21.8. The van der Waals surface area contributed by atoms with Crippen LogP contribution in [0.1, 0.15) is 43.9 Å². The Morgan fingerprint density at radius 2 is 1.97 bits per heavy atom. The van der Waals surface area contributed by atoms with Gasteiger partial charge in [-0.1, -0.05) is 32.9 Å². The first-order valence-electron chi connectivity index (χ1n) is 9.71. The number of nitrogens with one attached hydrogen (secondary N) is 1. The molecule has 1 atom stereocenters. The predicted octanol–water partition coefficient (Wildman–Crippen LogP) is 2.52. The summed E-state index contributed by atoms with van der Waals surface area (Å²) < 4.78 is 28.3. The second kappa shape index (κ2) is 8.09. The fourth-order valence-electron chi connectivity index (χ4n) is 3.41. The molecule has 1 saturated heterocycles. The van der Waals surface area contributed by atoms with Crippen molar-refractivity contribution in [3.8, 4) is 6.07 Å². The topological polar surface area (TPSA) is 116 Å². The van der Waals surface area contributed by atoms with Crippen LogP contribution in [0, 0.1) is 11.3 Å². The lowest BCUT2D eigenvalue weighted by molar-refractivity contribution is -0.129. The molecule has 0 radical (unpaired) electrons. The van der Waals surface area contributed by atoms with E-state index in [0.717, 1.165) is 5.56 Å². The van der Waals surface area contributed by atoms with Crippen molar-refractivity contribution in [1.82, 2.24) is 9.62 Å².